The molecule has 2 atom stereocenters. The zero-order valence-electron chi connectivity index (χ0n) is 24.1. The van der Waals surface area contributed by atoms with Gasteiger partial charge in [0.1, 0.15) is 11.9 Å². The van der Waals surface area contributed by atoms with E-state index in [1.54, 1.807) is 103 Å². The Morgan fingerprint density at radius 1 is 0.844 bits per heavy atom. The molecule has 0 aliphatic carbocycles. The van der Waals surface area contributed by atoms with Crippen molar-refractivity contribution in [2.45, 2.75) is 17.0 Å². The molecule has 0 aliphatic heterocycles. The Kier molecular flexibility index (Phi) is 9.80. The number of carbonyl (C=O) groups is 1. The normalized spacial score (nSPS) is 12.9. The number of anilines is 2. The quantitative estimate of drug-likeness (QED) is 0.0882. The molecule has 0 aromatic heterocycles. The Hall–Kier alpha value is -4.74. The number of nitrogens with one attached hydrogen (secondary N) is 3. The zero-order chi connectivity index (χ0) is 32.0. The topological polar surface area (TPSA) is 149 Å². The molecule has 0 saturated carbocycles. The first-order chi connectivity index (χ1) is 21.6. The summed E-state index contributed by atoms with van der Waals surface area (Å²) in [6.45, 7) is -0.426. The number of benzene rings is 5. The Balaban J connectivity index is 1.52. The fraction of sp³-hybridized carbons (Fsp3) is 0.118. The maximum atomic E-state index is 14.5. The molecule has 230 valence electrons. The van der Waals surface area contributed by atoms with Crippen LogP contribution < -0.4 is 16.4 Å². The van der Waals surface area contributed by atoms with Gasteiger partial charge in [-0.3, -0.25) is 10.2 Å². The molecule has 0 heterocycles. The van der Waals surface area contributed by atoms with Crippen LogP contribution >= 0.6 is 11.6 Å². The maximum absolute atomic E-state index is 14.5. The molecule has 0 spiro atoms. The number of amides is 1. The first-order valence-corrected chi connectivity index (χ1v) is 15.9. The van der Waals surface area contributed by atoms with Gasteiger partial charge in [0.25, 0.3) is 0 Å². The van der Waals surface area contributed by atoms with Crippen LogP contribution in [0.15, 0.2) is 126 Å². The van der Waals surface area contributed by atoms with E-state index in [-0.39, 0.29) is 17.3 Å². The van der Waals surface area contributed by atoms with Gasteiger partial charge < -0.3 is 21.5 Å². The van der Waals surface area contributed by atoms with E-state index in [0.29, 0.717) is 32.9 Å². The SMILES string of the molecule is N=C(N)c1ccc(NCC(O)CN(C(C(=O)Nc2ccccc2)c2ccccc2)S(=O)(=O)c2ccc3cc(Cl)ccc3c2)cc1. The first-order valence-electron chi connectivity index (χ1n) is 14.1. The summed E-state index contributed by atoms with van der Waals surface area (Å²) in [5.41, 5.74) is 7.66. The lowest BCUT2D eigenvalue weighted by Gasteiger charge is -2.32. The smallest absolute Gasteiger partial charge is 0.247 e. The number of sulfonamides is 1. The van der Waals surface area contributed by atoms with Crippen molar-refractivity contribution < 1.29 is 18.3 Å². The van der Waals surface area contributed by atoms with Crippen molar-refractivity contribution in [3.63, 3.8) is 0 Å². The lowest BCUT2D eigenvalue weighted by Crippen LogP contribution is -2.46. The lowest BCUT2D eigenvalue weighted by atomic mass is 10.1. The van der Waals surface area contributed by atoms with Crippen LogP contribution in [0.3, 0.4) is 0 Å². The lowest BCUT2D eigenvalue weighted by molar-refractivity contribution is -0.120. The van der Waals surface area contributed by atoms with Gasteiger partial charge in [-0.1, -0.05) is 72.3 Å². The molecule has 5 aromatic rings. The van der Waals surface area contributed by atoms with Crippen molar-refractivity contribution >= 4 is 55.5 Å². The summed E-state index contributed by atoms with van der Waals surface area (Å²) in [7, 11) is -4.37. The third-order valence-electron chi connectivity index (χ3n) is 7.20. The average molecular weight is 642 g/mol. The molecule has 0 saturated heterocycles. The van der Waals surface area contributed by atoms with Gasteiger partial charge >= 0.3 is 0 Å². The van der Waals surface area contributed by atoms with Gasteiger partial charge in [-0.25, -0.2) is 8.42 Å². The summed E-state index contributed by atoms with van der Waals surface area (Å²) >= 11 is 6.14. The number of nitrogen functional groups attached to an aromatic ring is 1. The van der Waals surface area contributed by atoms with E-state index in [1.807, 2.05) is 6.07 Å². The fourth-order valence-corrected chi connectivity index (χ4v) is 6.75. The number of halogens is 1. The maximum Gasteiger partial charge on any atom is 0.247 e. The monoisotopic (exact) mass is 641 g/mol. The van der Waals surface area contributed by atoms with Gasteiger partial charge in [0, 0.05) is 35.1 Å². The number of aliphatic hydroxyl groups excluding tert-OH is 1. The van der Waals surface area contributed by atoms with Crippen LogP contribution in [0.5, 0.6) is 0 Å². The standard InChI is InChI=1S/C34H32ClN5O4S/c35-27-15-11-26-20-31(18-14-25(26)19-27)45(43,44)40(22-30(41)21-38-28-16-12-24(13-17-28)33(36)37)32(23-7-3-1-4-8-23)34(42)39-29-9-5-2-6-10-29/h1-20,30,32,38,41H,21-22H2,(H3,36,37)(H,39,42). The summed E-state index contributed by atoms with van der Waals surface area (Å²) in [5.74, 6) is -0.650. The number of nitrogens with two attached hydrogens (primary N) is 1. The second-order valence-corrected chi connectivity index (χ2v) is 12.7. The summed E-state index contributed by atoms with van der Waals surface area (Å²) in [6, 6.07) is 32.6. The molecule has 0 fully saturated rings. The van der Waals surface area contributed by atoms with E-state index in [9.17, 15) is 18.3 Å². The second kappa shape index (κ2) is 13.9. The van der Waals surface area contributed by atoms with Crippen molar-refractivity contribution in [3.8, 4) is 0 Å². The number of hydrogen-bond donors (Lipinski definition) is 5. The van der Waals surface area contributed by atoms with Crippen molar-refractivity contribution in [2.75, 3.05) is 23.7 Å². The van der Waals surface area contributed by atoms with Crippen LogP contribution in [-0.2, 0) is 14.8 Å². The number of amidine groups is 1. The molecule has 5 rings (SSSR count). The number of rotatable bonds is 12. The van der Waals surface area contributed by atoms with Gasteiger partial charge in [0.2, 0.25) is 15.9 Å². The first kappa shape index (κ1) is 31.7. The van der Waals surface area contributed by atoms with E-state index < -0.39 is 34.6 Å². The predicted octanol–water partition coefficient (Wildman–Crippen LogP) is 5.62. The summed E-state index contributed by atoms with van der Waals surface area (Å²) in [4.78, 5) is 13.9. The Morgan fingerprint density at radius 2 is 1.47 bits per heavy atom. The van der Waals surface area contributed by atoms with Crippen molar-refractivity contribution in [3.05, 3.63) is 137 Å². The molecular formula is C34H32ClN5O4S. The zero-order valence-corrected chi connectivity index (χ0v) is 25.7. The number of para-hydroxylation sites is 1. The Bertz CT molecular complexity index is 1910. The fourth-order valence-electron chi connectivity index (χ4n) is 4.92. The van der Waals surface area contributed by atoms with E-state index in [2.05, 4.69) is 10.6 Å². The van der Waals surface area contributed by atoms with Crippen molar-refractivity contribution in [1.29, 1.82) is 5.41 Å². The molecule has 2 unspecified atom stereocenters. The molecule has 0 radical (unpaired) electrons. The van der Waals surface area contributed by atoms with Gasteiger partial charge in [-0.15, -0.1) is 0 Å². The molecule has 1 amide bonds. The highest BCUT2D eigenvalue weighted by atomic mass is 35.5. The molecule has 6 N–H and O–H groups in total. The molecule has 45 heavy (non-hydrogen) atoms. The van der Waals surface area contributed by atoms with Gasteiger partial charge in [0.15, 0.2) is 0 Å². The van der Waals surface area contributed by atoms with E-state index in [4.69, 9.17) is 22.7 Å². The average Bonchev–Trinajstić information content (AvgIpc) is 3.04. The minimum atomic E-state index is -4.37. The van der Waals surface area contributed by atoms with Gasteiger partial charge in [-0.05, 0) is 77.0 Å². The van der Waals surface area contributed by atoms with Gasteiger partial charge in [-0.2, -0.15) is 4.31 Å². The highest BCUT2D eigenvalue weighted by Gasteiger charge is 2.38. The number of hydrogen-bond acceptors (Lipinski definition) is 6. The highest BCUT2D eigenvalue weighted by molar-refractivity contribution is 7.89. The van der Waals surface area contributed by atoms with Crippen LogP contribution in [0.25, 0.3) is 10.8 Å². The van der Waals surface area contributed by atoms with Crippen LogP contribution in [0.1, 0.15) is 17.2 Å². The van der Waals surface area contributed by atoms with Gasteiger partial charge in [0.05, 0.1) is 11.0 Å². The Morgan fingerprint density at radius 3 is 2.13 bits per heavy atom. The van der Waals surface area contributed by atoms with E-state index >= 15 is 0 Å². The number of aliphatic hydroxyl groups is 1. The third kappa shape index (κ3) is 7.68. The second-order valence-electron chi connectivity index (χ2n) is 10.4. The van der Waals surface area contributed by atoms with E-state index in [1.165, 1.54) is 12.1 Å². The van der Waals surface area contributed by atoms with Crippen LogP contribution in [0.4, 0.5) is 11.4 Å². The summed E-state index contributed by atoms with van der Waals surface area (Å²) in [6.07, 6.45) is -1.22. The number of nitrogens with zero attached hydrogens (tertiary/aromatic N) is 1. The predicted molar refractivity (Wildman–Crippen MR) is 179 cm³/mol. The van der Waals surface area contributed by atoms with Crippen LogP contribution in [0, 0.1) is 5.41 Å². The van der Waals surface area contributed by atoms with Crippen LogP contribution in [-0.4, -0.2) is 48.8 Å². The Labute approximate surface area is 266 Å². The van der Waals surface area contributed by atoms with E-state index in [0.717, 1.165) is 9.69 Å². The number of fused-ring (bicyclic) bond motifs is 1. The van der Waals surface area contributed by atoms with Crippen molar-refractivity contribution in [1.82, 2.24) is 4.31 Å². The molecular weight excluding hydrogens is 610 g/mol. The number of carbonyl (C=O) groups excluding carboxylic acids is 1. The van der Waals surface area contributed by atoms with Crippen molar-refractivity contribution in [2.24, 2.45) is 5.73 Å². The molecule has 9 nitrogen and oxygen atoms in total. The molecule has 0 aliphatic rings. The largest absolute Gasteiger partial charge is 0.390 e. The minimum Gasteiger partial charge on any atom is -0.390 e. The third-order valence-corrected chi connectivity index (χ3v) is 9.26. The highest BCUT2D eigenvalue weighted by Crippen LogP contribution is 2.32. The van der Waals surface area contributed by atoms with Crippen LogP contribution in [0.2, 0.25) is 5.02 Å². The summed E-state index contributed by atoms with van der Waals surface area (Å²) in [5, 5.41) is 26.7. The molecule has 5 aromatic carbocycles. The molecule has 0 bridgehead atoms. The summed E-state index contributed by atoms with van der Waals surface area (Å²) < 4.78 is 30.0. The minimum absolute atomic E-state index is 0.0243. The molecule has 11 heteroatoms.